The Morgan fingerprint density at radius 1 is 1.31 bits per heavy atom. The number of benzene rings is 1. The summed E-state index contributed by atoms with van der Waals surface area (Å²) in [7, 11) is 0. The molecule has 1 unspecified atom stereocenters. The highest BCUT2D eigenvalue weighted by Crippen LogP contribution is 2.35. The van der Waals surface area contributed by atoms with Crippen molar-refractivity contribution in [2.45, 2.75) is 40.0 Å². The molecule has 1 aliphatic rings. The first-order valence-electron chi connectivity index (χ1n) is 8.03. The molecule has 9 nitrogen and oxygen atoms in total. The summed E-state index contributed by atoms with van der Waals surface area (Å²) in [6.45, 7) is 6.77. The molecule has 1 aromatic carbocycles. The highest BCUT2D eigenvalue weighted by molar-refractivity contribution is 5.83. The Kier molecular flexibility index (Phi) is 4.23. The van der Waals surface area contributed by atoms with Gasteiger partial charge < -0.3 is 14.9 Å². The lowest BCUT2D eigenvalue weighted by Crippen LogP contribution is -2.41. The molecule has 1 amide bonds. The fourth-order valence-electron chi connectivity index (χ4n) is 2.91. The number of aromatic nitrogens is 2. The summed E-state index contributed by atoms with van der Waals surface area (Å²) in [5, 5.41) is 16.7. The van der Waals surface area contributed by atoms with Crippen molar-refractivity contribution in [1.82, 2.24) is 14.6 Å². The van der Waals surface area contributed by atoms with Crippen LogP contribution in [0.4, 0.5) is 5.82 Å². The van der Waals surface area contributed by atoms with Crippen molar-refractivity contribution in [3.8, 4) is 0 Å². The minimum Gasteiger partial charge on any atom is -0.444 e. The first kappa shape index (κ1) is 17.6. The van der Waals surface area contributed by atoms with Crippen LogP contribution in [0, 0.1) is 24.0 Å². The van der Waals surface area contributed by atoms with Crippen molar-refractivity contribution in [3.05, 3.63) is 57.5 Å². The summed E-state index contributed by atoms with van der Waals surface area (Å²) in [6, 6.07) is 7.58. The topological polar surface area (TPSA) is 103 Å². The number of rotatable bonds is 4. The van der Waals surface area contributed by atoms with Crippen LogP contribution in [0.3, 0.4) is 0 Å². The van der Waals surface area contributed by atoms with Gasteiger partial charge in [0.05, 0.1) is 0 Å². The van der Waals surface area contributed by atoms with Crippen LogP contribution in [0.25, 0.3) is 0 Å². The largest absolute Gasteiger partial charge is 0.444 e. The van der Waals surface area contributed by atoms with Gasteiger partial charge in [0.1, 0.15) is 6.20 Å². The number of imidazole rings is 1. The number of hydrogen-bond acceptors (Lipinski definition) is 6. The predicted octanol–water partition coefficient (Wildman–Crippen LogP) is 2.47. The van der Waals surface area contributed by atoms with Gasteiger partial charge in [-0.3, -0.25) is 4.79 Å². The Bertz CT molecular complexity index is 902. The second-order valence-electron chi connectivity index (χ2n) is 6.28. The van der Waals surface area contributed by atoms with Crippen LogP contribution in [0.2, 0.25) is 0 Å². The number of hydrazone groups is 1. The standard InChI is InChI=1S/C17H19N5O4/c1-11-5-7-14(8-6-11)17(4)21(13(3)23)19-15(26-17)10-20-12(2)18-9-16(20)22(24)25/h5-9H,10H2,1-4H3. The van der Waals surface area contributed by atoms with Crippen molar-refractivity contribution < 1.29 is 14.5 Å². The van der Waals surface area contributed by atoms with Crippen LogP contribution in [-0.2, 0) is 21.8 Å². The zero-order valence-corrected chi connectivity index (χ0v) is 15.0. The number of carbonyl (C=O) groups excluding carboxylic acids is 1. The zero-order chi connectivity index (χ0) is 19.1. The minimum absolute atomic E-state index is 0.00732. The van der Waals surface area contributed by atoms with E-state index >= 15 is 0 Å². The van der Waals surface area contributed by atoms with E-state index in [1.165, 1.54) is 22.7 Å². The summed E-state index contributed by atoms with van der Waals surface area (Å²) < 4.78 is 7.38. The first-order valence-corrected chi connectivity index (χ1v) is 8.03. The molecule has 2 aromatic rings. The monoisotopic (exact) mass is 357 g/mol. The van der Waals surface area contributed by atoms with E-state index in [9.17, 15) is 14.9 Å². The molecule has 1 aliphatic heterocycles. The van der Waals surface area contributed by atoms with Gasteiger partial charge in [-0.1, -0.05) is 29.8 Å². The number of hydrogen-bond donors (Lipinski definition) is 0. The molecule has 0 fully saturated rings. The number of aryl methyl sites for hydroxylation is 2. The fraction of sp³-hybridized carbons (Fsp3) is 0.353. The lowest BCUT2D eigenvalue weighted by Gasteiger charge is -2.31. The maximum Gasteiger partial charge on any atom is 0.343 e. The van der Waals surface area contributed by atoms with Gasteiger partial charge in [0.15, 0.2) is 12.4 Å². The van der Waals surface area contributed by atoms with Gasteiger partial charge in [-0.2, -0.15) is 5.01 Å². The average Bonchev–Trinajstić information content (AvgIpc) is 3.10. The van der Waals surface area contributed by atoms with Crippen LogP contribution in [0.15, 0.2) is 35.6 Å². The van der Waals surface area contributed by atoms with Gasteiger partial charge in [-0.15, -0.1) is 5.10 Å². The third-order valence-corrected chi connectivity index (χ3v) is 4.33. The Labute approximate surface area is 150 Å². The third kappa shape index (κ3) is 2.92. The molecule has 0 radical (unpaired) electrons. The van der Waals surface area contributed by atoms with E-state index in [0.29, 0.717) is 5.82 Å². The number of nitrogens with zero attached hydrogens (tertiary/aromatic N) is 5. The van der Waals surface area contributed by atoms with Crippen LogP contribution in [-0.4, -0.2) is 31.3 Å². The van der Waals surface area contributed by atoms with Crippen molar-refractivity contribution in [1.29, 1.82) is 0 Å². The quantitative estimate of drug-likeness (QED) is 0.618. The third-order valence-electron chi connectivity index (χ3n) is 4.33. The van der Waals surface area contributed by atoms with Crippen LogP contribution in [0.5, 0.6) is 0 Å². The van der Waals surface area contributed by atoms with Gasteiger partial charge in [0.25, 0.3) is 5.90 Å². The Balaban J connectivity index is 1.95. The van der Waals surface area contributed by atoms with E-state index in [4.69, 9.17) is 4.74 Å². The van der Waals surface area contributed by atoms with Crippen LogP contribution >= 0.6 is 0 Å². The Morgan fingerprint density at radius 2 is 1.96 bits per heavy atom. The number of carbonyl (C=O) groups is 1. The zero-order valence-electron chi connectivity index (χ0n) is 15.0. The van der Waals surface area contributed by atoms with Gasteiger partial charge in [0, 0.05) is 26.3 Å². The lowest BCUT2D eigenvalue weighted by molar-refractivity contribution is -0.392. The summed E-state index contributed by atoms with van der Waals surface area (Å²) in [5.41, 5.74) is 0.724. The molecule has 2 heterocycles. The second kappa shape index (κ2) is 6.25. The maximum atomic E-state index is 12.1. The molecule has 3 rings (SSSR count). The van der Waals surface area contributed by atoms with Crippen molar-refractivity contribution in [2.24, 2.45) is 5.10 Å². The molecule has 0 saturated carbocycles. The van der Waals surface area contributed by atoms with Crippen molar-refractivity contribution >= 4 is 17.6 Å². The molecule has 0 saturated heterocycles. The van der Waals surface area contributed by atoms with Gasteiger partial charge in [-0.25, -0.2) is 9.55 Å². The second-order valence-corrected chi connectivity index (χ2v) is 6.28. The average molecular weight is 357 g/mol. The lowest BCUT2D eigenvalue weighted by atomic mass is 10.0. The summed E-state index contributed by atoms with van der Waals surface area (Å²) in [4.78, 5) is 26.7. The Morgan fingerprint density at radius 3 is 2.54 bits per heavy atom. The molecule has 0 N–H and O–H groups in total. The number of nitro groups is 1. The van der Waals surface area contributed by atoms with Crippen LogP contribution < -0.4 is 0 Å². The summed E-state index contributed by atoms with van der Waals surface area (Å²) in [5.74, 6) is 0.209. The minimum atomic E-state index is -1.11. The van der Waals surface area contributed by atoms with E-state index < -0.39 is 10.6 Å². The highest BCUT2D eigenvalue weighted by Gasteiger charge is 2.45. The van der Waals surface area contributed by atoms with E-state index in [1.807, 2.05) is 31.2 Å². The molecule has 9 heteroatoms. The van der Waals surface area contributed by atoms with Gasteiger partial charge in [-0.05, 0) is 11.8 Å². The van der Waals surface area contributed by atoms with E-state index in [2.05, 4.69) is 10.1 Å². The molecule has 1 aromatic heterocycles. The molecule has 136 valence electrons. The van der Waals surface area contributed by atoms with E-state index in [-0.39, 0.29) is 24.2 Å². The SMILES string of the molecule is CC(=O)N1N=C(Cn2c([N+](=O)[O-])cnc2C)OC1(C)c1ccc(C)cc1. The van der Waals surface area contributed by atoms with Crippen LogP contribution in [0.1, 0.15) is 30.8 Å². The van der Waals surface area contributed by atoms with Crippen molar-refractivity contribution in [3.63, 3.8) is 0 Å². The molecular weight excluding hydrogens is 338 g/mol. The van der Waals surface area contributed by atoms with Gasteiger partial charge in [0.2, 0.25) is 11.6 Å². The number of ether oxygens (including phenoxy) is 1. The van der Waals surface area contributed by atoms with E-state index in [0.717, 1.165) is 11.1 Å². The van der Waals surface area contributed by atoms with Crippen molar-refractivity contribution in [2.75, 3.05) is 0 Å². The fourth-order valence-corrected chi connectivity index (χ4v) is 2.91. The summed E-state index contributed by atoms with van der Waals surface area (Å²) >= 11 is 0. The smallest absolute Gasteiger partial charge is 0.343 e. The molecular formula is C17H19N5O4. The maximum absolute atomic E-state index is 12.1. The van der Waals surface area contributed by atoms with Gasteiger partial charge >= 0.3 is 5.82 Å². The Hall–Kier alpha value is -3.23. The molecule has 0 aliphatic carbocycles. The molecule has 1 atom stereocenters. The first-order chi connectivity index (χ1) is 12.2. The molecule has 0 spiro atoms. The molecule has 26 heavy (non-hydrogen) atoms. The number of amides is 1. The van der Waals surface area contributed by atoms with E-state index in [1.54, 1.807) is 13.8 Å². The normalized spacial score (nSPS) is 19.2. The predicted molar refractivity (Wildman–Crippen MR) is 93.2 cm³/mol. The molecule has 0 bridgehead atoms. The summed E-state index contributed by atoms with van der Waals surface area (Å²) in [6.07, 6.45) is 1.19. The highest BCUT2D eigenvalue weighted by atomic mass is 16.6.